The van der Waals surface area contributed by atoms with Crippen molar-refractivity contribution < 1.29 is 4.39 Å². The minimum Gasteiger partial charge on any atom is -0.336 e. The van der Waals surface area contributed by atoms with Gasteiger partial charge in [0, 0.05) is 12.4 Å². The smallest absolute Gasteiger partial charge is 0.278 e. The van der Waals surface area contributed by atoms with Crippen LogP contribution in [0.15, 0.2) is 64.4 Å². The van der Waals surface area contributed by atoms with Crippen LogP contribution >= 0.6 is 0 Å². The molecule has 3 heterocycles. The first-order valence-corrected chi connectivity index (χ1v) is 7.58. The molecule has 0 saturated heterocycles. The van der Waals surface area contributed by atoms with Gasteiger partial charge in [-0.1, -0.05) is 12.1 Å². The minimum absolute atomic E-state index is 0.223. The summed E-state index contributed by atoms with van der Waals surface area (Å²) in [4.78, 5) is 29.3. The SMILES string of the molecule is Nn1ccc2nc3ccn(Cc4cccc(F)c4)c(=O)c3cc2c1=O. The number of pyridine rings is 3. The van der Waals surface area contributed by atoms with E-state index in [4.69, 9.17) is 5.84 Å². The zero-order valence-electron chi connectivity index (χ0n) is 13.0. The molecule has 0 aliphatic heterocycles. The third-order valence-corrected chi connectivity index (χ3v) is 4.08. The van der Waals surface area contributed by atoms with Crippen molar-refractivity contribution in [2.45, 2.75) is 6.54 Å². The van der Waals surface area contributed by atoms with E-state index >= 15 is 0 Å². The monoisotopic (exact) mass is 336 g/mol. The van der Waals surface area contributed by atoms with E-state index in [1.807, 2.05) is 0 Å². The van der Waals surface area contributed by atoms with E-state index in [9.17, 15) is 14.0 Å². The van der Waals surface area contributed by atoms with Crippen LogP contribution in [-0.4, -0.2) is 14.2 Å². The van der Waals surface area contributed by atoms with Gasteiger partial charge in [-0.15, -0.1) is 0 Å². The molecule has 0 aliphatic carbocycles. The summed E-state index contributed by atoms with van der Waals surface area (Å²) in [5, 5.41) is 0.591. The molecular formula is C18H13FN4O2. The third-order valence-electron chi connectivity index (χ3n) is 4.08. The first-order chi connectivity index (χ1) is 12.0. The van der Waals surface area contributed by atoms with Crippen LogP contribution in [0.2, 0.25) is 0 Å². The Kier molecular flexibility index (Phi) is 3.35. The standard InChI is InChI=1S/C18H13FN4O2/c19-12-3-1-2-11(8-12)10-22-6-4-15-13(17(22)24)9-14-16(21-15)5-7-23(20)18(14)25/h1-9H,10,20H2. The summed E-state index contributed by atoms with van der Waals surface area (Å²) in [5.74, 6) is 5.21. The van der Waals surface area contributed by atoms with Crippen LogP contribution < -0.4 is 17.0 Å². The van der Waals surface area contributed by atoms with Gasteiger partial charge in [0.25, 0.3) is 11.1 Å². The van der Waals surface area contributed by atoms with Crippen LogP contribution in [-0.2, 0) is 6.54 Å². The zero-order chi connectivity index (χ0) is 17.6. The summed E-state index contributed by atoms with van der Waals surface area (Å²) in [6, 6.07) is 10.9. The van der Waals surface area contributed by atoms with Gasteiger partial charge in [-0.25, -0.2) is 14.1 Å². The number of aromatic nitrogens is 3. The van der Waals surface area contributed by atoms with Crippen molar-refractivity contribution in [1.29, 1.82) is 0 Å². The maximum Gasteiger partial charge on any atom is 0.278 e. The molecule has 1 aromatic carbocycles. The van der Waals surface area contributed by atoms with Crippen molar-refractivity contribution in [3.05, 3.63) is 86.9 Å². The van der Waals surface area contributed by atoms with Crippen molar-refractivity contribution in [1.82, 2.24) is 14.2 Å². The Morgan fingerprint density at radius 2 is 1.68 bits per heavy atom. The Balaban J connectivity index is 1.92. The molecule has 0 fully saturated rings. The fourth-order valence-electron chi connectivity index (χ4n) is 2.84. The lowest BCUT2D eigenvalue weighted by Crippen LogP contribution is -2.27. The second-order valence-corrected chi connectivity index (χ2v) is 5.76. The average molecular weight is 336 g/mol. The number of nitrogen functional groups attached to an aromatic ring is 1. The summed E-state index contributed by atoms with van der Waals surface area (Å²) in [7, 11) is 0. The van der Waals surface area contributed by atoms with Gasteiger partial charge < -0.3 is 10.4 Å². The van der Waals surface area contributed by atoms with Gasteiger partial charge in [0.2, 0.25) is 0 Å². The van der Waals surface area contributed by atoms with Crippen molar-refractivity contribution in [3.8, 4) is 0 Å². The third kappa shape index (κ3) is 2.55. The summed E-state index contributed by atoms with van der Waals surface area (Å²) in [6.07, 6.45) is 3.03. The lowest BCUT2D eigenvalue weighted by atomic mass is 10.1. The van der Waals surface area contributed by atoms with E-state index in [-0.39, 0.29) is 23.3 Å². The Labute approximate surface area is 140 Å². The number of rotatable bonds is 2. The second kappa shape index (κ2) is 5.55. The lowest BCUT2D eigenvalue weighted by Gasteiger charge is -2.08. The molecule has 0 atom stereocenters. The highest BCUT2D eigenvalue weighted by atomic mass is 19.1. The molecule has 0 aliphatic rings. The molecule has 0 saturated carbocycles. The lowest BCUT2D eigenvalue weighted by molar-refractivity contribution is 0.623. The molecule has 0 unspecified atom stereocenters. The predicted octanol–water partition coefficient (Wildman–Crippen LogP) is 1.61. The summed E-state index contributed by atoms with van der Waals surface area (Å²) >= 11 is 0. The number of nitrogens with zero attached hydrogens (tertiary/aromatic N) is 3. The molecule has 25 heavy (non-hydrogen) atoms. The Bertz CT molecular complexity index is 1240. The van der Waals surface area contributed by atoms with E-state index in [2.05, 4.69) is 4.98 Å². The predicted molar refractivity (Wildman–Crippen MR) is 93.4 cm³/mol. The van der Waals surface area contributed by atoms with Crippen molar-refractivity contribution in [2.75, 3.05) is 5.84 Å². The van der Waals surface area contributed by atoms with Gasteiger partial charge in [-0.05, 0) is 35.9 Å². The van der Waals surface area contributed by atoms with Crippen LogP contribution in [0.5, 0.6) is 0 Å². The molecule has 0 bridgehead atoms. The first-order valence-electron chi connectivity index (χ1n) is 7.58. The molecule has 2 N–H and O–H groups in total. The molecule has 4 aromatic rings. The highest BCUT2D eigenvalue weighted by Gasteiger charge is 2.09. The Morgan fingerprint density at radius 3 is 2.44 bits per heavy atom. The fraction of sp³-hybridized carbons (Fsp3) is 0.0556. The largest absolute Gasteiger partial charge is 0.336 e. The van der Waals surface area contributed by atoms with Crippen LogP contribution in [0.3, 0.4) is 0 Å². The van der Waals surface area contributed by atoms with Crippen molar-refractivity contribution in [2.24, 2.45) is 0 Å². The molecule has 124 valence electrons. The Morgan fingerprint density at radius 1 is 0.960 bits per heavy atom. The van der Waals surface area contributed by atoms with E-state index in [1.165, 1.54) is 29.0 Å². The second-order valence-electron chi connectivity index (χ2n) is 5.76. The maximum absolute atomic E-state index is 13.3. The van der Waals surface area contributed by atoms with Crippen molar-refractivity contribution in [3.63, 3.8) is 0 Å². The normalized spacial score (nSPS) is 11.2. The van der Waals surface area contributed by atoms with Gasteiger partial charge >= 0.3 is 0 Å². The van der Waals surface area contributed by atoms with E-state index in [0.29, 0.717) is 22.0 Å². The Hall–Kier alpha value is -3.48. The van der Waals surface area contributed by atoms with Crippen LogP contribution in [0.25, 0.3) is 21.8 Å². The molecule has 7 heteroatoms. The number of hydrogen-bond acceptors (Lipinski definition) is 4. The molecule has 0 amide bonds. The average Bonchev–Trinajstić information content (AvgIpc) is 2.60. The van der Waals surface area contributed by atoms with Gasteiger partial charge in [0.1, 0.15) is 5.82 Å². The van der Waals surface area contributed by atoms with E-state index < -0.39 is 5.56 Å². The van der Waals surface area contributed by atoms with Gasteiger partial charge in [-0.3, -0.25) is 9.59 Å². The number of fused-ring (bicyclic) bond motifs is 2. The zero-order valence-corrected chi connectivity index (χ0v) is 13.0. The number of halogens is 1. The van der Waals surface area contributed by atoms with Gasteiger partial charge in [0.15, 0.2) is 0 Å². The summed E-state index contributed by atoms with van der Waals surface area (Å²) < 4.78 is 15.7. The molecule has 6 nitrogen and oxygen atoms in total. The maximum atomic E-state index is 13.3. The topological polar surface area (TPSA) is 82.9 Å². The fourth-order valence-corrected chi connectivity index (χ4v) is 2.84. The highest BCUT2D eigenvalue weighted by Crippen LogP contribution is 2.14. The molecule has 3 aromatic heterocycles. The van der Waals surface area contributed by atoms with E-state index in [0.717, 1.165) is 4.68 Å². The quantitative estimate of drug-likeness (QED) is 0.445. The first kappa shape index (κ1) is 15.1. The molecule has 0 spiro atoms. The number of nitrogens with two attached hydrogens (primary N) is 1. The van der Waals surface area contributed by atoms with Crippen LogP contribution in [0.4, 0.5) is 4.39 Å². The van der Waals surface area contributed by atoms with Crippen molar-refractivity contribution >= 4 is 21.8 Å². The van der Waals surface area contributed by atoms with Gasteiger partial charge in [-0.2, -0.15) is 0 Å². The summed E-state index contributed by atoms with van der Waals surface area (Å²) in [6.45, 7) is 0.223. The number of benzene rings is 1. The van der Waals surface area contributed by atoms with Gasteiger partial charge in [0.05, 0.1) is 28.4 Å². The summed E-state index contributed by atoms with van der Waals surface area (Å²) in [5.41, 5.74) is 0.901. The van der Waals surface area contributed by atoms with Crippen LogP contribution in [0.1, 0.15) is 5.56 Å². The molecular weight excluding hydrogens is 323 g/mol. The molecule has 4 rings (SSSR count). The highest BCUT2D eigenvalue weighted by molar-refractivity contribution is 5.91. The van der Waals surface area contributed by atoms with E-state index in [1.54, 1.807) is 30.5 Å². The van der Waals surface area contributed by atoms with Crippen LogP contribution in [0, 0.1) is 5.82 Å². The minimum atomic E-state index is -0.424. The molecule has 0 radical (unpaired) electrons. The number of hydrogen-bond donors (Lipinski definition) is 1.